The van der Waals surface area contributed by atoms with E-state index in [0.29, 0.717) is 5.82 Å². The lowest BCUT2D eigenvalue weighted by atomic mass is 10.1. The zero-order valence-electron chi connectivity index (χ0n) is 24.3. The van der Waals surface area contributed by atoms with Crippen molar-refractivity contribution in [1.82, 2.24) is 9.13 Å². The van der Waals surface area contributed by atoms with Crippen molar-refractivity contribution in [1.29, 1.82) is 0 Å². The number of hydrogen-bond donors (Lipinski definition) is 1. The van der Waals surface area contributed by atoms with Gasteiger partial charge >= 0.3 is 0 Å². The summed E-state index contributed by atoms with van der Waals surface area (Å²) in [5, 5.41) is 4.79. The summed E-state index contributed by atoms with van der Waals surface area (Å²) in [6.45, 7) is 0. The van der Waals surface area contributed by atoms with Gasteiger partial charge in [0.15, 0.2) is 0 Å². The molecule has 8 aromatic rings. The number of rotatable bonds is 6. The van der Waals surface area contributed by atoms with Crippen molar-refractivity contribution in [2.75, 3.05) is 0 Å². The second-order valence-corrected chi connectivity index (χ2v) is 11.2. The average Bonchev–Trinajstić information content (AvgIpc) is 3.61. The smallest absolute Gasteiger partial charge is 0.108 e. The van der Waals surface area contributed by atoms with Crippen molar-refractivity contribution in [3.63, 3.8) is 0 Å². The minimum atomic E-state index is 0.692. The maximum absolute atomic E-state index is 6.94. The van der Waals surface area contributed by atoms with Crippen LogP contribution in [0.25, 0.3) is 66.2 Å². The third kappa shape index (κ3) is 4.29. The Hall–Kier alpha value is -5.80. The molecule has 0 saturated heterocycles. The van der Waals surface area contributed by atoms with Crippen molar-refractivity contribution in [3.8, 4) is 16.8 Å². The van der Waals surface area contributed by atoms with Gasteiger partial charge in [-0.1, -0.05) is 127 Å². The van der Waals surface area contributed by atoms with Gasteiger partial charge in [0.2, 0.25) is 0 Å². The molecule has 0 saturated carbocycles. The Morgan fingerprint density at radius 2 is 1.18 bits per heavy atom. The van der Waals surface area contributed by atoms with E-state index in [9.17, 15) is 0 Å². The largest absolute Gasteiger partial charge is 0.385 e. The van der Waals surface area contributed by atoms with Crippen LogP contribution in [0, 0.1) is 0 Å². The molecule has 0 radical (unpaired) electrons. The highest BCUT2D eigenvalue weighted by Crippen LogP contribution is 2.41. The van der Waals surface area contributed by atoms with Gasteiger partial charge in [0.05, 0.1) is 22.1 Å². The first-order valence-electron chi connectivity index (χ1n) is 15.1. The molecule has 0 aliphatic rings. The molecule has 44 heavy (non-hydrogen) atoms. The zero-order chi connectivity index (χ0) is 29.5. The Kier molecular flexibility index (Phi) is 6.35. The van der Waals surface area contributed by atoms with Crippen LogP contribution < -0.4 is 5.73 Å². The van der Waals surface area contributed by atoms with E-state index in [1.807, 2.05) is 12.1 Å². The summed E-state index contributed by atoms with van der Waals surface area (Å²) in [6.07, 6.45) is 7.12. The number of nitrogens with zero attached hydrogens (tertiary/aromatic N) is 2. The molecule has 0 amide bonds. The van der Waals surface area contributed by atoms with Crippen LogP contribution in [-0.2, 0) is 6.42 Å². The lowest BCUT2D eigenvalue weighted by Crippen LogP contribution is -2.05. The standard InChI is InChI=1S/C41H31N3/c42-39(22-12-7-15-29-13-3-1-4-14-29)44-36-20-10-8-18-33(36)34-27-28-38-40(41(34)44)35-19-9-11-21-37(35)43(38)32-25-23-31(24-26-32)30-16-5-2-6-17-30/h1-14,16-28H,15,42H2/b12-7-,39-22+. The third-order valence-corrected chi connectivity index (χ3v) is 8.56. The van der Waals surface area contributed by atoms with E-state index in [0.717, 1.165) is 28.7 Å². The second kappa shape index (κ2) is 10.8. The molecule has 0 atom stereocenters. The summed E-state index contributed by atoms with van der Waals surface area (Å²) in [5.74, 6) is 0.692. The molecule has 6 aromatic carbocycles. The van der Waals surface area contributed by atoms with Crippen LogP contribution in [0.3, 0.4) is 0 Å². The van der Waals surface area contributed by atoms with Crippen LogP contribution in [0.4, 0.5) is 0 Å². The molecule has 8 rings (SSSR count). The highest BCUT2D eigenvalue weighted by atomic mass is 15.1. The summed E-state index contributed by atoms with van der Waals surface area (Å²) in [5.41, 5.74) is 16.3. The molecule has 0 unspecified atom stereocenters. The number of benzene rings is 6. The maximum atomic E-state index is 6.94. The van der Waals surface area contributed by atoms with E-state index in [4.69, 9.17) is 5.73 Å². The van der Waals surface area contributed by atoms with Gasteiger partial charge in [-0.25, -0.2) is 0 Å². The fraction of sp³-hybridized carbons (Fsp3) is 0.0244. The molecule has 0 spiro atoms. The number of para-hydroxylation sites is 2. The van der Waals surface area contributed by atoms with Crippen LogP contribution in [0.15, 0.2) is 164 Å². The predicted molar refractivity (Wildman–Crippen MR) is 187 cm³/mol. The highest BCUT2D eigenvalue weighted by Gasteiger charge is 2.20. The molecule has 0 aliphatic heterocycles. The number of hydrogen-bond acceptors (Lipinski definition) is 1. The quantitative estimate of drug-likeness (QED) is 0.200. The normalized spacial score (nSPS) is 12.3. The molecule has 3 heteroatoms. The van der Waals surface area contributed by atoms with Gasteiger partial charge in [0, 0.05) is 27.2 Å². The van der Waals surface area contributed by atoms with E-state index >= 15 is 0 Å². The highest BCUT2D eigenvalue weighted by molar-refractivity contribution is 6.26. The summed E-state index contributed by atoms with van der Waals surface area (Å²) in [4.78, 5) is 0. The van der Waals surface area contributed by atoms with E-state index in [-0.39, 0.29) is 0 Å². The Labute approximate surface area is 256 Å². The Balaban J connectivity index is 1.34. The molecule has 0 fully saturated rings. The molecule has 3 nitrogen and oxygen atoms in total. The first-order chi connectivity index (χ1) is 21.8. The fourth-order valence-electron chi connectivity index (χ4n) is 6.55. The minimum absolute atomic E-state index is 0.692. The van der Waals surface area contributed by atoms with Gasteiger partial charge in [-0.2, -0.15) is 0 Å². The van der Waals surface area contributed by atoms with E-state index in [1.54, 1.807) is 0 Å². The second-order valence-electron chi connectivity index (χ2n) is 11.2. The lowest BCUT2D eigenvalue weighted by molar-refractivity contribution is 1.17. The van der Waals surface area contributed by atoms with Gasteiger partial charge in [0.25, 0.3) is 0 Å². The van der Waals surface area contributed by atoms with Gasteiger partial charge in [0.1, 0.15) is 5.82 Å². The van der Waals surface area contributed by atoms with Gasteiger partial charge in [-0.3, -0.25) is 4.57 Å². The van der Waals surface area contributed by atoms with Crippen molar-refractivity contribution >= 4 is 49.4 Å². The third-order valence-electron chi connectivity index (χ3n) is 8.56. The van der Waals surface area contributed by atoms with Crippen LogP contribution in [0.1, 0.15) is 5.56 Å². The minimum Gasteiger partial charge on any atom is -0.385 e. The number of allylic oxidation sites excluding steroid dienone is 3. The van der Waals surface area contributed by atoms with Gasteiger partial charge in [-0.15, -0.1) is 0 Å². The van der Waals surface area contributed by atoms with Crippen molar-refractivity contribution in [2.24, 2.45) is 5.73 Å². The lowest BCUT2D eigenvalue weighted by Gasteiger charge is -2.10. The van der Waals surface area contributed by atoms with Crippen LogP contribution in [0.5, 0.6) is 0 Å². The summed E-state index contributed by atoms with van der Waals surface area (Å²) in [6, 6.07) is 51.6. The van der Waals surface area contributed by atoms with E-state index in [2.05, 4.69) is 161 Å². The summed E-state index contributed by atoms with van der Waals surface area (Å²) in [7, 11) is 0. The SMILES string of the molecule is N/C(=C\C=C/Cc1ccccc1)n1c2ccccc2c2ccc3c(c4ccccc4n3-c3ccc(-c4ccccc4)cc3)c21. The average molecular weight is 566 g/mol. The van der Waals surface area contributed by atoms with Crippen molar-refractivity contribution in [2.45, 2.75) is 6.42 Å². The molecule has 210 valence electrons. The maximum Gasteiger partial charge on any atom is 0.108 e. The number of fused-ring (bicyclic) bond motifs is 7. The monoisotopic (exact) mass is 565 g/mol. The molecule has 2 aromatic heterocycles. The first kappa shape index (κ1) is 25.9. The Bertz CT molecular complexity index is 2340. The molecular weight excluding hydrogens is 534 g/mol. The molecule has 0 bridgehead atoms. The molecule has 2 N–H and O–H groups in total. The molecule has 2 heterocycles. The Morgan fingerprint density at radius 1 is 0.545 bits per heavy atom. The van der Waals surface area contributed by atoms with Crippen LogP contribution in [-0.4, -0.2) is 9.13 Å². The van der Waals surface area contributed by atoms with Gasteiger partial charge < -0.3 is 10.3 Å². The predicted octanol–water partition coefficient (Wildman–Crippen LogP) is 10.1. The van der Waals surface area contributed by atoms with E-state index < -0.39 is 0 Å². The van der Waals surface area contributed by atoms with Crippen molar-refractivity contribution in [3.05, 3.63) is 169 Å². The van der Waals surface area contributed by atoms with E-state index in [1.165, 1.54) is 43.8 Å². The molecular formula is C41H31N3. The van der Waals surface area contributed by atoms with Crippen LogP contribution >= 0.6 is 0 Å². The summed E-state index contributed by atoms with van der Waals surface area (Å²) >= 11 is 0. The molecule has 0 aliphatic carbocycles. The first-order valence-corrected chi connectivity index (χ1v) is 15.1. The number of aromatic nitrogens is 2. The van der Waals surface area contributed by atoms with Crippen LogP contribution in [0.2, 0.25) is 0 Å². The van der Waals surface area contributed by atoms with Gasteiger partial charge in [-0.05, 0) is 59.5 Å². The zero-order valence-corrected chi connectivity index (χ0v) is 24.3. The Morgan fingerprint density at radius 3 is 1.95 bits per heavy atom. The number of nitrogens with two attached hydrogens (primary N) is 1. The van der Waals surface area contributed by atoms with Crippen molar-refractivity contribution < 1.29 is 0 Å². The summed E-state index contributed by atoms with van der Waals surface area (Å²) < 4.78 is 4.61. The fourth-order valence-corrected chi connectivity index (χ4v) is 6.55. The topological polar surface area (TPSA) is 35.9 Å².